The molecule has 0 amide bonds. The fraction of sp³-hybridized carbons (Fsp3) is 0.0500. The lowest BCUT2D eigenvalue weighted by molar-refractivity contribution is 1.20. The van der Waals surface area contributed by atoms with Gasteiger partial charge in [-0.25, -0.2) is 4.99 Å². The number of aromatic amines is 1. The quantitative estimate of drug-likeness (QED) is 0.752. The summed E-state index contributed by atoms with van der Waals surface area (Å²) >= 11 is 0. The van der Waals surface area contributed by atoms with Gasteiger partial charge in [-0.1, -0.05) is 0 Å². The minimum atomic E-state index is 0.841. The average molecular weight is 310 g/mol. The Kier molecular flexibility index (Phi) is 2.82. The highest BCUT2D eigenvalue weighted by Crippen LogP contribution is 2.25. The van der Waals surface area contributed by atoms with E-state index >= 15 is 0 Å². The SMILES string of the molecule is C1=CC2=NC1=Cc1c[nH]c(c1)C=C1C=NC(=CC3=CC(=C2)N=C3)C1. The monoisotopic (exact) mass is 310 g/mol. The minimum absolute atomic E-state index is 0.841. The molecule has 1 aromatic heterocycles. The maximum absolute atomic E-state index is 4.63. The highest BCUT2D eigenvalue weighted by atomic mass is 14.8. The second kappa shape index (κ2) is 5.13. The Balaban J connectivity index is 1.64. The summed E-state index contributed by atoms with van der Waals surface area (Å²) in [6, 6.07) is 2.12. The molecular formula is C20H14N4. The van der Waals surface area contributed by atoms with Crippen molar-refractivity contribution in [1.29, 1.82) is 0 Å². The maximum atomic E-state index is 4.63. The summed E-state index contributed by atoms with van der Waals surface area (Å²) < 4.78 is 0. The van der Waals surface area contributed by atoms with Crippen LogP contribution in [0.3, 0.4) is 0 Å². The largest absolute Gasteiger partial charge is 0.361 e. The number of allylic oxidation sites excluding steroid dienone is 7. The van der Waals surface area contributed by atoms with Crippen molar-refractivity contribution in [3.05, 3.63) is 82.1 Å². The molecule has 4 heteroatoms. The van der Waals surface area contributed by atoms with Crippen LogP contribution in [0.1, 0.15) is 17.7 Å². The number of aromatic nitrogens is 1. The van der Waals surface area contributed by atoms with Gasteiger partial charge in [0.25, 0.3) is 0 Å². The molecule has 5 heterocycles. The number of nitrogens with zero attached hydrogens (tertiary/aromatic N) is 3. The minimum Gasteiger partial charge on any atom is -0.361 e. The summed E-state index contributed by atoms with van der Waals surface area (Å²) in [5.74, 6) is 0. The lowest BCUT2D eigenvalue weighted by atomic mass is 10.1. The van der Waals surface area contributed by atoms with E-state index in [1.54, 1.807) is 0 Å². The number of nitrogens with one attached hydrogen (secondary N) is 1. The van der Waals surface area contributed by atoms with Crippen LogP contribution in [0.4, 0.5) is 0 Å². The Morgan fingerprint density at radius 3 is 2.88 bits per heavy atom. The summed E-state index contributed by atoms with van der Waals surface area (Å²) in [4.78, 5) is 16.9. The average Bonchev–Trinajstić information content (AvgIpc) is 3.32. The van der Waals surface area contributed by atoms with E-state index < -0.39 is 0 Å². The number of fused-ring (bicyclic) bond motifs is 6. The smallest absolute Gasteiger partial charge is 0.0659 e. The van der Waals surface area contributed by atoms with Gasteiger partial charge in [-0.2, -0.15) is 0 Å². The Bertz CT molecular complexity index is 1010. The first-order valence-electron chi connectivity index (χ1n) is 7.90. The van der Waals surface area contributed by atoms with Crippen molar-refractivity contribution in [2.45, 2.75) is 6.42 Å². The molecule has 0 aliphatic carbocycles. The van der Waals surface area contributed by atoms with Crippen LogP contribution in [0.2, 0.25) is 0 Å². The van der Waals surface area contributed by atoms with Gasteiger partial charge < -0.3 is 4.98 Å². The Morgan fingerprint density at radius 1 is 0.875 bits per heavy atom. The van der Waals surface area contributed by atoms with Crippen LogP contribution in [0.5, 0.6) is 0 Å². The van der Waals surface area contributed by atoms with Crippen LogP contribution >= 0.6 is 0 Å². The van der Waals surface area contributed by atoms with E-state index in [1.165, 1.54) is 5.57 Å². The van der Waals surface area contributed by atoms with Crippen LogP contribution in [0.25, 0.3) is 12.2 Å². The summed E-state index contributed by atoms with van der Waals surface area (Å²) in [5.41, 5.74) is 8.29. The molecule has 24 heavy (non-hydrogen) atoms. The predicted molar refractivity (Wildman–Crippen MR) is 99.2 cm³/mol. The van der Waals surface area contributed by atoms with Crippen molar-refractivity contribution in [3.63, 3.8) is 0 Å². The maximum Gasteiger partial charge on any atom is 0.0659 e. The van der Waals surface area contributed by atoms with Gasteiger partial charge in [0.15, 0.2) is 0 Å². The zero-order valence-corrected chi connectivity index (χ0v) is 12.9. The highest BCUT2D eigenvalue weighted by Gasteiger charge is 2.11. The first kappa shape index (κ1) is 13.2. The first-order chi connectivity index (χ1) is 11.8. The summed E-state index contributed by atoms with van der Waals surface area (Å²) in [7, 11) is 0. The molecule has 4 aliphatic heterocycles. The van der Waals surface area contributed by atoms with Crippen LogP contribution < -0.4 is 0 Å². The van der Waals surface area contributed by atoms with Gasteiger partial charge in [0, 0.05) is 36.4 Å². The van der Waals surface area contributed by atoms with Crippen LogP contribution in [-0.2, 0) is 0 Å². The van der Waals surface area contributed by atoms with E-state index in [0.29, 0.717) is 0 Å². The topological polar surface area (TPSA) is 52.9 Å². The first-order valence-corrected chi connectivity index (χ1v) is 7.90. The second-order valence-corrected chi connectivity index (χ2v) is 6.09. The van der Waals surface area contributed by atoms with Gasteiger partial charge in [-0.05, 0) is 65.3 Å². The Labute approximate surface area is 139 Å². The molecule has 0 unspecified atom stereocenters. The zero-order valence-electron chi connectivity index (χ0n) is 12.9. The molecule has 4 aliphatic rings. The lowest BCUT2D eigenvalue weighted by Gasteiger charge is -1.94. The van der Waals surface area contributed by atoms with E-state index in [2.05, 4.69) is 50.3 Å². The van der Waals surface area contributed by atoms with Crippen molar-refractivity contribution >= 4 is 30.3 Å². The number of H-pyrrole nitrogens is 1. The highest BCUT2D eigenvalue weighted by molar-refractivity contribution is 6.08. The van der Waals surface area contributed by atoms with Crippen molar-refractivity contribution in [3.8, 4) is 0 Å². The normalized spacial score (nSPS) is 20.5. The third-order valence-electron chi connectivity index (χ3n) is 4.15. The molecule has 0 atom stereocenters. The van der Waals surface area contributed by atoms with Gasteiger partial charge in [-0.15, -0.1) is 0 Å². The van der Waals surface area contributed by atoms with Crippen LogP contribution in [0, 0.1) is 0 Å². The lowest BCUT2D eigenvalue weighted by Crippen LogP contribution is -1.84. The van der Waals surface area contributed by atoms with E-state index in [1.807, 2.05) is 36.9 Å². The molecule has 0 saturated heterocycles. The second-order valence-electron chi connectivity index (χ2n) is 6.09. The number of rotatable bonds is 0. The van der Waals surface area contributed by atoms with E-state index in [4.69, 9.17) is 0 Å². The van der Waals surface area contributed by atoms with Crippen molar-refractivity contribution < 1.29 is 0 Å². The van der Waals surface area contributed by atoms with Crippen molar-refractivity contribution in [1.82, 2.24) is 4.98 Å². The number of hydrogen-bond donors (Lipinski definition) is 1. The number of aliphatic imine (C=N–C) groups is 3. The summed E-state index contributed by atoms with van der Waals surface area (Å²) in [6.07, 6.45) is 21.0. The van der Waals surface area contributed by atoms with Crippen molar-refractivity contribution in [2.24, 2.45) is 15.0 Å². The molecule has 4 nitrogen and oxygen atoms in total. The van der Waals surface area contributed by atoms with Crippen LogP contribution in [0.15, 0.2) is 85.9 Å². The van der Waals surface area contributed by atoms with Gasteiger partial charge in [0.05, 0.1) is 17.1 Å². The third-order valence-corrected chi connectivity index (χ3v) is 4.15. The van der Waals surface area contributed by atoms with Gasteiger partial charge >= 0.3 is 0 Å². The fourth-order valence-electron chi connectivity index (χ4n) is 3.06. The Hall–Kier alpha value is -3.27. The van der Waals surface area contributed by atoms with Gasteiger partial charge in [0.2, 0.25) is 0 Å². The third kappa shape index (κ3) is 2.48. The molecule has 0 fully saturated rings. The molecule has 0 aromatic carbocycles. The molecule has 0 saturated carbocycles. The number of hydrogen-bond acceptors (Lipinski definition) is 3. The summed E-state index contributed by atoms with van der Waals surface area (Å²) in [6.45, 7) is 0. The molecule has 114 valence electrons. The molecule has 0 radical (unpaired) electrons. The van der Waals surface area contributed by atoms with Crippen LogP contribution in [-0.4, -0.2) is 23.1 Å². The molecule has 8 bridgehead atoms. The Morgan fingerprint density at radius 2 is 1.88 bits per heavy atom. The molecule has 1 N–H and O–H groups in total. The van der Waals surface area contributed by atoms with E-state index in [-0.39, 0.29) is 0 Å². The molecular weight excluding hydrogens is 296 g/mol. The standard InChI is InChI=1S/C20H14N4/c1-2-17-9-20-8-15(12-23-20)7-19-6-14(11-22-19)5-18-4-13(10-21-18)3-16(1)24-17/h1-5,7-12,21H,6H2. The van der Waals surface area contributed by atoms with Gasteiger partial charge in [0.1, 0.15) is 0 Å². The molecule has 5 rings (SSSR count). The van der Waals surface area contributed by atoms with Gasteiger partial charge in [-0.3, -0.25) is 9.98 Å². The zero-order chi connectivity index (χ0) is 15.9. The predicted octanol–water partition coefficient (Wildman–Crippen LogP) is 4.02. The van der Waals surface area contributed by atoms with Crippen molar-refractivity contribution in [2.75, 3.05) is 0 Å². The summed E-state index contributed by atoms with van der Waals surface area (Å²) in [5, 5.41) is 0. The fourth-order valence-corrected chi connectivity index (χ4v) is 3.06. The van der Waals surface area contributed by atoms with E-state index in [9.17, 15) is 0 Å². The molecule has 1 aromatic rings. The molecule has 0 spiro atoms. The van der Waals surface area contributed by atoms with E-state index in [0.717, 1.165) is 46.1 Å².